The van der Waals surface area contributed by atoms with Gasteiger partial charge >= 0.3 is 0 Å². The average Bonchev–Trinajstić information content (AvgIpc) is 2.49. The Bertz CT molecular complexity index is 377. The van der Waals surface area contributed by atoms with Crippen LogP contribution in [0.25, 0.3) is 0 Å². The van der Waals surface area contributed by atoms with Gasteiger partial charge < -0.3 is 6.15 Å². The van der Waals surface area contributed by atoms with Gasteiger partial charge in [0.15, 0.2) is 0 Å². The molecule has 0 spiro atoms. The van der Waals surface area contributed by atoms with Crippen LogP contribution in [0.3, 0.4) is 0 Å². The predicted molar refractivity (Wildman–Crippen MR) is 111 cm³/mol. The molecule has 0 aromatic carbocycles. The largest absolute Gasteiger partial charge is 0.344 e. The van der Waals surface area contributed by atoms with Crippen LogP contribution >= 0.6 is 0 Å². The molecule has 0 aromatic rings. The Hall–Kier alpha value is -0.0900. The van der Waals surface area contributed by atoms with Crippen molar-refractivity contribution in [1.82, 2.24) is 6.15 Å². The zero-order chi connectivity index (χ0) is 17.5. The van der Waals surface area contributed by atoms with E-state index in [2.05, 4.69) is 0 Å². The molecule has 0 radical (unpaired) electrons. The zero-order valence-electron chi connectivity index (χ0n) is 16.9. The summed E-state index contributed by atoms with van der Waals surface area (Å²) in [6, 6.07) is 0. The van der Waals surface area contributed by atoms with Gasteiger partial charge in [0, 0.05) is 5.75 Å². The van der Waals surface area contributed by atoms with Crippen LogP contribution in [0.15, 0.2) is 0 Å². The molecule has 1 aliphatic carbocycles. The van der Waals surface area contributed by atoms with E-state index in [1.807, 2.05) is 6.92 Å². The van der Waals surface area contributed by atoms with Crippen LogP contribution < -0.4 is 6.15 Å². The van der Waals surface area contributed by atoms with E-state index in [0.717, 1.165) is 25.2 Å². The van der Waals surface area contributed by atoms with Gasteiger partial charge in [-0.25, -0.2) is 8.42 Å². The lowest BCUT2D eigenvalue weighted by Crippen LogP contribution is -2.10. The molecule has 0 atom stereocenters. The van der Waals surface area contributed by atoms with Crippen molar-refractivity contribution in [2.45, 2.75) is 116 Å². The fourth-order valence-electron chi connectivity index (χ4n) is 3.72. The van der Waals surface area contributed by atoms with Gasteiger partial charge in [-0.3, -0.25) is 0 Å². The molecule has 1 fully saturated rings. The Balaban J connectivity index is 0.00000576. The highest BCUT2D eigenvalue weighted by Crippen LogP contribution is 2.31. The van der Waals surface area contributed by atoms with Gasteiger partial charge in [-0.2, -0.15) is 0 Å². The zero-order valence-corrected chi connectivity index (χ0v) is 17.8. The molecule has 1 rings (SSSR count). The monoisotopic (exact) mass is 375 g/mol. The highest BCUT2D eigenvalue weighted by molar-refractivity contribution is 7.91. The Labute approximate surface area is 158 Å². The summed E-state index contributed by atoms with van der Waals surface area (Å²) in [6.45, 7) is 1.94. The summed E-state index contributed by atoms with van der Waals surface area (Å²) < 4.78 is 23.2. The summed E-state index contributed by atoms with van der Waals surface area (Å²) in [6.07, 6.45) is 22.5. The van der Waals surface area contributed by atoms with Gasteiger partial charge in [0.25, 0.3) is 0 Å². The number of hydrogen-bond acceptors (Lipinski definition) is 3. The maximum atomic E-state index is 11.6. The third-order valence-corrected chi connectivity index (χ3v) is 7.50. The molecule has 0 bridgehead atoms. The van der Waals surface area contributed by atoms with Crippen LogP contribution in [0.1, 0.15) is 116 Å². The molecule has 0 aliphatic heterocycles. The van der Waals surface area contributed by atoms with Crippen molar-refractivity contribution in [3.63, 3.8) is 0 Å². The first-order valence-electron chi connectivity index (χ1n) is 10.8. The molecule has 0 amide bonds. The first-order chi connectivity index (χ1) is 11.6. The fraction of sp³-hybridized carbons (Fsp3) is 1.00. The SMILES string of the molecule is CCCS(=O)(=O)CCCCCCCCCCCCCCC1CCC1.N. The van der Waals surface area contributed by atoms with Crippen molar-refractivity contribution < 1.29 is 8.42 Å². The number of hydrogen-bond donors (Lipinski definition) is 1. The molecule has 3 nitrogen and oxygen atoms in total. The second kappa shape index (κ2) is 16.1. The second-order valence-corrected chi connectivity index (χ2v) is 10.3. The normalized spacial score (nSPS) is 14.9. The molecule has 1 saturated carbocycles. The quantitative estimate of drug-likeness (QED) is 0.283. The minimum Gasteiger partial charge on any atom is -0.344 e. The van der Waals surface area contributed by atoms with Crippen LogP contribution in [-0.4, -0.2) is 19.9 Å². The third-order valence-electron chi connectivity index (χ3n) is 5.56. The Kier molecular flexibility index (Phi) is 16.1. The van der Waals surface area contributed by atoms with Crippen molar-refractivity contribution >= 4 is 9.84 Å². The summed E-state index contributed by atoms with van der Waals surface area (Å²) in [5, 5.41) is 0. The van der Waals surface area contributed by atoms with E-state index in [0.29, 0.717) is 11.5 Å². The van der Waals surface area contributed by atoms with Crippen molar-refractivity contribution in [1.29, 1.82) is 0 Å². The van der Waals surface area contributed by atoms with E-state index in [-0.39, 0.29) is 6.15 Å². The van der Waals surface area contributed by atoms with E-state index in [9.17, 15) is 8.42 Å². The van der Waals surface area contributed by atoms with E-state index in [4.69, 9.17) is 0 Å². The summed E-state index contributed by atoms with van der Waals surface area (Å²) >= 11 is 0. The van der Waals surface area contributed by atoms with Crippen LogP contribution in [0, 0.1) is 5.92 Å². The smallest absolute Gasteiger partial charge is 0.150 e. The molecular formula is C21H45NO2S. The summed E-state index contributed by atoms with van der Waals surface area (Å²) in [5.74, 6) is 1.87. The van der Waals surface area contributed by atoms with Gasteiger partial charge in [-0.15, -0.1) is 0 Å². The first-order valence-corrected chi connectivity index (χ1v) is 12.7. The van der Waals surface area contributed by atoms with Crippen molar-refractivity contribution in [3.8, 4) is 0 Å². The van der Waals surface area contributed by atoms with E-state index >= 15 is 0 Å². The molecule has 0 aromatic heterocycles. The Morgan fingerprint density at radius 2 is 1.12 bits per heavy atom. The molecule has 0 unspecified atom stereocenters. The van der Waals surface area contributed by atoms with E-state index in [1.165, 1.54) is 89.9 Å². The molecule has 1 aliphatic rings. The Morgan fingerprint density at radius 3 is 1.52 bits per heavy atom. The predicted octanol–water partition coefficient (Wildman–Crippen LogP) is 6.84. The highest BCUT2D eigenvalue weighted by Gasteiger charge is 2.15. The van der Waals surface area contributed by atoms with Crippen LogP contribution in [-0.2, 0) is 9.84 Å². The summed E-state index contributed by atoms with van der Waals surface area (Å²) in [7, 11) is -2.75. The molecule has 4 heteroatoms. The number of unbranched alkanes of at least 4 members (excludes halogenated alkanes) is 11. The Morgan fingerprint density at radius 1 is 0.680 bits per heavy atom. The number of rotatable bonds is 17. The standard InChI is InChI=1S/C21H42O2S.H3N/c1-2-19-24(22,23)20-14-12-10-8-6-4-3-5-7-9-11-13-16-21-17-15-18-21;/h21H,2-20H2,1H3;1H3. The van der Waals surface area contributed by atoms with Gasteiger partial charge in [-0.1, -0.05) is 103 Å². The summed E-state index contributed by atoms with van der Waals surface area (Å²) in [5.41, 5.74) is 0. The molecule has 3 N–H and O–H groups in total. The van der Waals surface area contributed by atoms with Crippen LogP contribution in [0.4, 0.5) is 0 Å². The second-order valence-electron chi connectivity index (χ2n) is 7.98. The molecule has 25 heavy (non-hydrogen) atoms. The summed E-state index contributed by atoms with van der Waals surface area (Å²) in [4.78, 5) is 0. The van der Waals surface area contributed by atoms with E-state index < -0.39 is 9.84 Å². The van der Waals surface area contributed by atoms with Crippen molar-refractivity contribution in [2.24, 2.45) is 5.92 Å². The van der Waals surface area contributed by atoms with Crippen molar-refractivity contribution in [3.05, 3.63) is 0 Å². The van der Waals surface area contributed by atoms with Gasteiger partial charge in [-0.05, 0) is 18.8 Å². The molecular weight excluding hydrogens is 330 g/mol. The lowest BCUT2D eigenvalue weighted by atomic mass is 9.81. The van der Waals surface area contributed by atoms with E-state index in [1.54, 1.807) is 0 Å². The van der Waals surface area contributed by atoms with Gasteiger partial charge in [0.2, 0.25) is 0 Å². The third kappa shape index (κ3) is 14.7. The van der Waals surface area contributed by atoms with Crippen LogP contribution in [0.2, 0.25) is 0 Å². The maximum Gasteiger partial charge on any atom is 0.150 e. The number of sulfone groups is 1. The lowest BCUT2D eigenvalue weighted by molar-refractivity contribution is 0.286. The minimum atomic E-state index is -2.75. The molecule has 152 valence electrons. The molecule has 0 heterocycles. The first kappa shape index (κ1) is 24.9. The fourth-order valence-corrected chi connectivity index (χ4v) is 5.19. The highest BCUT2D eigenvalue weighted by atomic mass is 32.2. The minimum absolute atomic E-state index is 0. The molecule has 0 saturated heterocycles. The maximum absolute atomic E-state index is 11.6. The van der Waals surface area contributed by atoms with Crippen molar-refractivity contribution in [2.75, 3.05) is 11.5 Å². The average molecular weight is 376 g/mol. The van der Waals surface area contributed by atoms with Gasteiger partial charge in [0.1, 0.15) is 9.84 Å². The van der Waals surface area contributed by atoms with Crippen LogP contribution in [0.5, 0.6) is 0 Å². The topological polar surface area (TPSA) is 69.1 Å². The lowest BCUT2D eigenvalue weighted by Gasteiger charge is -2.24. The van der Waals surface area contributed by atoms with Gasteiger partial charge in [0.05, 0.1) is 5.75 Å².